The molecule has 1 saturated carbocycles. The summed E-state index contributed by atoms with van der Waals surface area (Å²) in [6.07, 6.45) is 2.09. The van der Waals surface area contributed by atoms with Crippen molar-refractivity contribution in [3.8, 4) is 5.75 Å². The standard InChI is InChI=1S/C21H25N3O3/c1-24(13-15-5-3-8-19(11-15)27-2)14-20(25)22-18-7-4-6-16(12-18)21(26)23-17-9-10-17/h3-8,11-12,17H,9-10,13-14H2,1-2H3,(H,22,25)(H,23,26). The van der Waals surface area contributed by atoms with Gasteiger partial charge in [-0.25, -0.2) is 0 Å². The number of benzene rings is 2. The molecule has 0 atom stereocenters. The Labute approximate surface area is 159 Å². The van der Waals surface area contributed by atoms with Gasteiger partial charge in [0.1, 0.15) is 5.75 Å². The zero-order valence-corrected chi connectivity index (χ0v) is 15.7. The lowest BCUT2D eigenvalue weighted by molar-refractivity contribution is -0.117. The van der Waals surface area contributed by atoms with Gasteiger partial charge >= 0.3 is 0 Å². The molecule has 1 aliphatic carbocycles. The van der Waals surface area contributed by atoms with E-state index >= 15 is 0 Å². The molecule has 2 aromatic rings. The van der Waals surface area contributed by atoms with Gasteiger partial charge in [0.15, 0.2) is 0 Å². The highest BCUT2D eigenvalue weighted by molar-refractivity contribution is 5.97. The first kappa shape index (κ1) is 18.9. The Hall–Kier alpha value is -2.86. The molecule has 27 heavy (non-hydrogen) atoms. The van der Waals surface area contributed by atoms with Crippen LogP contribution in [-0.2, 0) is 11.3 Å². The van der Waals surface area contributed by atoms with Crippen LogP contribution in [0.5, 0.6) is 5.75 Å². The van der Waals surface area contributed by atoms with Crippen LogP contribution in [0.2, 0.25) is 0 Å². The van der Waals surface area contributed by atoms with E-state index in [1.165, 1.54) is 0 Å². The highest BCUT2D eigenvalue weighted by atomic mass is 16.5. The lowest BCUT2D eigenvalue weighted by Gasteiger charge is -2.17. The van der Waals surface area contributed by atoms with Crippen molar-refractivity contribution in [1.82, 2.24) is 10.2 Å². The molecule has 0 radical (unpaired) electrons. The number of likely N-dealkylation sites (N-methyl/N-ethyl adjacent to an activating group) is 1. The second-order valence-corrected chi connectivity index (χ2v) is 6.90. The van der Waals surface area contributed by atoms with Crippen molar-refractivity contribution in [2.75, 3.05) is 26.0 Å². The predicted molar refractivity (Wildman–Crippen MR) is 105 cm³/mol. The summed E-state index contributed by atoms with van der Waals surface area (Å²) >= 11 is 0. The summed E-state index contributed by atoms with van der Waals surface area (Å²) in [5.41, 5.74) is 2.26. The van der Waals surface area contributed by atoms with Crippen molar-refractivity contribution < 1.29 is 14.3 Å². The number of rotatable bonds is 8. The van der Waals surface area contributed by atoms with E-state index < -0.39 is 0 Å². The van der Waals surface area contributed by atoms with Gasteiger partial charge in [-0.2, -0.15) is 0 Å². The maximum absolute atomic E-state index is 12.3. The van der Waals surface area contributed by atoms with Crippen LogP contribution in [-0.4, -0.2) is 43.5 Å². The minimum atomic E-state index is -0.125. The molecule has 2 N–H and O–H groups in total. The van der Waals surface area contributed by atoms with Gasteiger partial charge in [-0.1, -0.05) is 18.2 Å². The molecule has 0 spiro atoms. The van der Waals surface area contributed by atoms with Crippen molar-refractivity contribution in [1.29, 1.82) is 0 Å². The van der Waals surface area contributed by atoms with E-state index in [9.17, 15) is 9.59 Å². The van der Waals surface area contributed by atoms with Crippen molar-refractivity contribution in [2.24, 2.45) is 0 Å². The van der Waals surface area contributed by atoms with Crippen LogP contribution in [0.1, 0.15) is 28.8 Å². The minimum absolute atomic E-state index is 0.0938. The Morgan fingerprint density at radius 1 is 1.15 bits per heavy atom. The summed E-state index contributed by atoms with van der Waals surface area (Å²) in [6, 6.07) is 15.1. The van der Waals surface area contributed by atoms with Gasteiger partial charge in [-0.15, -0.1) is 0 Å². The molecule has 0 aromatic heterocycles. The first-order chi connectivity index (χ1) is 13.0. The van der Waals surface area contributed by atoms with E-state index in [0.29, 0.717) is 23.8 Å². The summed E-state index contributed by atoms with van der Waals surface area (Å²) in [5.74, 6) is 0.579. The Morgan fingerprint density at radius 2 is 1.93 bits per heavy atom. The molecule has 6 heteroatoms. The average Bonchev–Trinajstić information content (AvgIpc) is 3.45. The van der Waals surface area contributed by atoms with Gasteiger partial charge in [0.2, 0.25) is 5.91 Å². The molecule has 2 aromatic carbocycles. The largest absolute Gasteiger partial charge is 0.497 e. The van der Waals surface area contributed by atoms with Crippen LogP contribution < -0.4 is 15.4 Å². The molecule has 0 heterocycles. The molecular formula is C21H25N3O3. The molecule has 6 nitrogen and oxygen atoms in total. The second kappa shape index (κ2) is 8.68. The monoisotopic (exact) mass is 367 g/mol. The van der Waals surface area contributed by atoms with Gasteiger partial charge in [-0.05, 0) is 55.8 Å². The Balaban J connectivity index is 1.52. The van der Waals surface area contributed by atoms with Crippen molar-refractivity contribution in [2.45, 2.75) is 25.4 Å². The lowest BCUT2D eigenvalue weighted by atomic mass is 10.2. The Kier molecular flexibility index (Phi) is 6.08. The number of hydrogen-bond acceptors (Lipinski definition) is 4. The van der Waals surface area contributed by atoms with E-state index in [1.54, 1.807) is 31.4 Å². The zero-order chi connectivity index (χ0) is 19.2. The molecule has 0 unspecified atom stereocenters. The van der Waals surface area contributed by atoms with Crippen molar-refractivity contribution in [3.63, 3.8) is 0 Å². The van der Waals surface area contributed by atoms with E-state index in [0.717, 1.165) is 24.2 Å². The molecule has 0 saturated heterocycles. The van der Waals surface area contributed by atoms with Crippen LogP contribution >= 0.6 is 0 Å². The minimum Gasteiger partial charge on any atom is -0.497 e. The van der Waals surface area contributed by atoms with Crippen LogP contribution in [0.3, 0.4) is 0 Å². The maximum atomic E-state index is 12.3. The molecule has 1 aliphatic rings. The average molecular weight is 367 g/mol. The maximum Gasteiger partial charge on any atom is 0.251 e. The summed E-state index contributed by atoms with van der Waals surface area (Å²) in [5, 5.41) is 5.81. The van der Waals surface area contributed by atoms with E-state index in [2.05, 4.69) is 10.6 Å². The van der Waals surface area contributed by atoms with Crippen molar-refractivity contribution >= 4 is 17.5 Å². The van der Waals surface area contributed by atoms with Crippen LogP contribution in [0.15, 0.2) is 48.5 Å². The van der Waals surface area contributed by atoms with Crippen LogP contribution in [0, 0.1) is 0 Å². The fourth-order valence-electron chi connectivity index (χ4n) is 2.82. The van der Waals surface area contributed by atoms with E-state index in [4.69, 9.17) is 4.74 Å². The Bertz CT molecular complexity index is 818. The number of ether oxygens (including phenoxy) is 1. The third-order valence-electron chi connectivity index (χ3n) is 4.32. The fraction of sp³-hybridized carbons (Fsp3) is 0.333. The lowest BCUT2D eigenvalue weighted by Crippen LogP contribution is -2.30. The normalized spacial score (nSPS) is 13.3. The summed E-state index contributed by atoms with van der Waals surface area (Å²) in [7, 11) is 3.52. The number of nitrogens with zero attached hydrogens (tertiary/aromatic N) is 1. The quantitative estimate of drug-likeness (QED) is 0.753. The smallest absolute Gasteiger partial charge is 0.251 e. The number of carbonyl (C=O) groups excluding carboxylic acids is 2. The number of hydrogen-bond donors (Lipinski definition) is 2. The second-order valence-electron chi connectivity index (χ2n) is 6.90. The SMILES string of the molecule is COc1cccc(CN(C)CC(=O)Nc2cccc(C(=O)NC3CC3)c2)c1. The number of anilines is 1. The first-order valence-corrected chi connectivity index (χ1v) is 9.06. The number of nitrogens with one attached hydrogen (secondary N) is 2. The highest BCUT2D eigenvalue weighted by Crippen LogP contribution is 2.20. The molecule has 2 amide bonds. The molecular weight excluding hydrogens is 342 g/mol. The summed E-state index contributed by atoms with van der Waals surface area (Å²) in [4.78, 5) is 26.4. The third kappa shape index (κ3) is 5.82. The number of amides is 2. The molecule has 1 fully saturated rings. The predicted octanol–water partition coefficient (Wildman–Crippen LogP) is 2.66. The van der Waals surface area contributed by atoms with Gasteiger partial charge < -0.3 is 15.4 Å². The highest BCUT2D eigenvalue weighted by Gasteiger charge is 2.23. The molecule has 3 rings (SSSR count). The topological polar surface area (TPSA) is 70.7 Å². The van der Waals surface area contributed by atoms with Crippen LogP contribution in [0.25, 0.3) is 0 Å². The molecule has 0 bridgehead atoms. The third-order valence-corrected chi connectivity index (χ3v) is 4.32. The van der Waals surface area contributed by atoms with Gasteiger partial charge in [-0.3, -0.25) is 14.5 Å². The first-order valence-electron chi connectivity index (χ1n) is 9.06. The van der Waals surface area contributed by atoms with Gasteiger partial charge in [0, 0.05) is 23.8 Å². The van der Waals surface area contributed by atoms with Gasteiger partial charge in [0.25, 0.3) is 5.91 Å². The fourth-order valence-corrected chi connectivity index (χ4v) is 2.82. The molecule has 142 valence electrons. The summed E-state index contributed by atoms with van der Waals surface area (Å²) < 4.78 is 5.22. The van der Waals surface area contributed by atoms with Gasteiger partial charge in [0.05, 0.1) is 13.7 Å². The summed E-state index contributed by atoms with van der Waals surface area (Å²) in [6.45, 7) is 0.879. The number of carbonyl (C=O) groups is 2. The zero-order valence-electron chi connectivity index (χ0n) is 15.7. The van der Waals surface area contributed by atoms with Crippen LogP contribution in [0.4, 0.5) is 5.69 Å². The van der Waals surface area contributed by atoms with E-state index in [1.807, 2.05) is 36.2 Å². The Morgan fingerprint density at radius 3 is 2.67 bits per heavy atom. The molecule has 0 aliphatic heterocycles. The van der Waals surface area contributed by atoms with Crippen molar-refractivity contribution in [3.05, 3.63) is 59.7 Å². The number of methoxy groups -OCH3 is 1. The van der Waals surface area contributed by atoms with E-state index in [-0.39, 0.29) is 18.4 Å².